The lowest BCUT2D eigenvalue weighted by atomic mass is 10.1. The topological polar surface area (TPSA) is 53.2 Å². The number of amides is 1. The minimum Gasteiger partial charge on any atom is -0.358 e. The summed E-state index contributed by atoms with van der Waals surface area (Å²) in [4.78, 5) is 10.8. The predicted molar refractivity (Wildman–Crippen MR) is 57.6 cm³/mol. The van der Waals surface area contributed by atoms with Gasteiger partial charge < -0.3 is 16.0 Å². The Labute approximate surface area is 84.5 Å². The molecule has 3 N–H and O–H groups in total. The summed E-state index contributed by atoms with van der Waals surface area (Å²) >= 11 is 4.97. The Hall–Kier alpha value is -0.840. The van der Waals surface area contributed by atoms with Gasteiger partial charge in [-0.05, 0) is 33.0 Å². The van der Waals surface area contributed by atoms with Crippen molar-refractivity contribution in [3.05, 3.63) is 0 Å². The second-order valence-corrected chi connectivity index (χ2v) is 4.14. The van der Waals surface area contributed by atoms with Crippen molar-refractivity contribution < 1.29 is 4.79 Å². The van der Waals surface area contributed by atoms with Crippen molar-refractivity contribution in [2.75, 3.05) is 13.6 Å². The maximum atomic E-state index is 10.8. The lowest BCUT2D eigenvalue weighted by Gasteiger charge is -2.22. The van der Waals surface area contributed by atoms with E-state index in [1.54, 1.807) is 7.05 Å². The first kappa shape index (κ1) is 12.2. The second-order valence-electron chi connectivity index (χ2n) is 3.73. The average Bonchev–Trinajstić information content (AvgIpc) is 1.97. The molecule has 0 spiro atoms. The highest BCUT2D eigenvalue weighted by molar-refractivity contribution is 7.80. The van der Waals surface area contributed by atoms with E-state index in [2.05, 4.69) is 16.0 Å². The Bertz CT molecular complexity index is 198. The molecule has 4 nitrogen and oxygen atoms in total. The van der Waals surface area contributed by atoms with E-state index in [1.807, 2.05) is 20.8 Å². The van der Waals surface area contributed by atoms with Crippen molar-refractivity contribution in [3.63, 3.8) is 0 Å². The van der Waals surface area contributed by atoms with Crippen LogP contribution in [-0.4, -0.2) is 30.2 Å². The third kappa shape index (κ3) is 7.52. The molecule has 0 rings (SSSR count). The molecule has 0 aromatic rings. The zero-order valence-electron chi connectivity index (χ0n) is 8.52. The van der Waals surface area contributed by atoms with E-state index in [4.69, 9.17) is 12.2 Å². The number of hydrogen-bond donors (Lipinski definition) is 3. The predicted octanol–water partition coefficient (Wildman–Crippen LogP) is -0.00500. The van der Waals surface area contributed by atoms with Crippen LogP contribution in [0.4, 0.5) is 0 Å². The van der Waals surface area contributed by atoms with Gasteiger partial charge in [0.15, 0.2) is 5.11 Å². The number of nitrogens with one attached hydrogen (secondary N) is 3. The molecule has 0 aromatic heterocycles. The van der Waals surface area contributed by atoms with Crippen LogP contribution in [0.3, 0.4) is 0 Å². The molecule has 0 saturated carbocycles. The Balaban J connectivity index is 3.71. The Kier molecular flexibility index (Phi) is 4.69. The Morgan fingerprint density at radius 2 is 1.92 bits per heavy atom. The van der Waals surface area contributed by atoms with Gasteiger partial charge in [-0.25, -0.2) is 0 Å². The first-order chi connectivity index (χ1) is 5.85. The number of likely N-dealkylation sites (N-methyl/N-ethyl adjacent to an activating group) is 1. The molecule has 0 bridgehead atoms. The fourth-order valence-corrected chi connectivity index (χ4v) is 1.01. The van der Waals surface area contributed by atoms with Crippen molar-refractivity contribution in [1.82, 2.24) is 16.0 Å². The molecule has 0 aliphatic carbocycles. The zero-order chi connectivity index (χ0) is 10.5. The first-order valence-corrected chi connectivity index (χ1v) is 4.52. The lowest BCUT2D eigenvalue weighted by molar-refractivity contribution is -0.119. The molecular weight excluding hydrogens is 186 g/mol. The van der Waals surface area contributed by atoms with Crippen molar-refractivity contribution in [3.8, 4) is 0 Å². The smallest absolute Gasteiger partial charge is 0.239 e. The van der Waals surface area contributed by atoms with Crippen molar-refractivity contribution >= 4 is 23.2 Å². The molecular formula is C8H17N3OS. The van der Waals surface area contributed by atoms with E-state index in [9.17, 15) is 4.79 Å². The number of hydrogen-bond acceptors (Lipinski definition) is 2. The molecule has 1 amide bonds. The summed E-state index contributed by atoms with van der Waals surface area (Å²) in [7, 11) is 1.59. The third-order valence-electron chi connectivity index (χ3n) is 1.18. The number of carbonyl (C=O) groups is 1. The SMILES string of the molecule is CNC(=O)CNC(=S)NC(C)(C)C. The summed E-state index contributed by atoms with van der Waals surface area (Å²) < 4.78 is 0. The van der Waals surface area contributed by atoms with E-state index in [-0.39, 0.29) is 18.0 Å². The van der Waals surface area contributed by atoms with Gasteiger partial charge in [0.2, 0.25) is 5.91 Å². The van der Waals surface area contributed by atoms with Gasteiger partial charge in [-0.3, -0.25) is 4.79 Å². The molecule has 0 aliphatic heterocycles. The van der Waals surface area contributed by atoms with Gasteiger partial charge in [0.05, 0.1) is 6.54 Å². The largest absolute Gasteiger partial charge is 0.358 e. The quantitative estimate of drug-likeness (QED) is 0.553. The van der Waals surface area contributed by atoms with Gasteiger partial charge in [0.1, 0.15) is 0 Å². The highest BCUT2D eigenvalue weighted by atomic mass is 32.1. The Morgan fingerprint density at radius 1 is 1.38 bits per heavy atom. The van der Waals surface area contributed by atoms with Gasteiger partial charge in [-0.1, -0.05) is 0 Å². The van der Waals surface area contributed by atoms with Crippen LogP contribution in [0, 0.1) is 0 Å². The zero-order valence-corrected chi connectivity index (χ0v) is 9.34. The third-order valence-corrected chi connectivity index (χ3v) is 1.42. The van der Waals surface area contributed by atoms with Crippen LogP contribution >= 0.6 is 12.2 Å². The summed E-state index contributed by atoms with van der Waals surface area (Å²) in [6.45, 7) is 6.21. The van der Waals surface area contributed by atoms with E-state index >= 15 is 0 Å². The summed E-state index contributed by atoms with van der Waals surface area (Å²) in [5, 5.41) is 8.83. The molecule has 0 heterocycles. The van der Waals surface area contributed by atoms with Crippen molar-refractivity contribution in [2.45, 2.75) is 26.3 Å². The van der Waals surface area contributed by atoms with Gasteiger partial charge >= 0.3 is 0 Å². The molecule has 0 unspecified atom stereocenters. The fraction of sp³-hybridized carbons (Fsp3) is 0.750. The van der Waals surface area contributed by atoms with Crippen LogP contribution in [0.15, 0.2) is 0 Å². The number of carbonyl (C=O) groups excluding carboxylic acids is 1. The minimum absolute atomic E-state index is 0.0766. The first-order valence-electron chi connectivity index (χ1n) is 4.12. The highest BCUT2D eigenvalue weighted by Gasteiger charge is 2.10. The van der Waals surface area contributed by atoms with E-state index in [0.29, 0.717) is 5.11 Å². The Morgan fingerprint density at radius 3 is 2.31 bits per heavy atom. The number of thiocarbonyl (C=S) groups is 1. The molecule has 76 valence electrons. The molecule has 0 aromatic carbocycles. The fourth-order valence-electron chi connectivity index (χ4n) is 0.634. The summed E-state index contributed by atoms with van der Waals surface area (Å²) in [6.07, 6.45) is 0. The van der Waals surface area contributed by atoms with E-state index < -0.39 is 0 Å². The van der Waals surface area contributed by atoms with E-state index in [0.717, 1.165) is 0 Å². The van der Waals surface area contributed by atoms with Gasteiger partial charge in [-0.2, -0.15) is 0 Å². The molecule has 0 aliphatic rings. The van der Waals surface area contributed by atoms with Gasteiger partial charge in [-0.15, -0.1) is 0 Å². The van der Waals surface area contributed by atoms with Crippen LogP contribution in [-0.2, 0) is 4.79 Å². The molecule has 0 radical (unpaired) electrons. The molecule has 13 heavy (non-hydrogen) atoms. The molecule has 0 fully saturated rings. The number of rotatable bonds is 2. The van der Waals surface area contributed by atoms with Gasteiger partial charge in [0.25, 0.3) is 0 Å². The molecule has 0 atom stereocenters. The average molecular weight is 203 g/mol. The highest BCUT2D eigenvalue weighted by Crippen LogP contribution is 1.97. The lowest BCUT2D eigenvalue weighted by Crippen LogP contribution is -2.48. The van der Waals surface area contributed by atoms with Crippen LogP contribution in [0.1, 0.15) is 20.8 Å². The van der Waals surface area contributed by atoms with Crippen LogP contribution in [0.2, 0.25) is 0 Å². The van der Waals surface area contributed by atoms with Crippen LogP contribution in [0.5, 0.6) is 0 Å². The normalized spacial score (nSPS) is 10.5. The summed E-state index contributed by atoms with van der Waals surface area (Å²) in [5.41, 5.74) is -0.0766. The summed E-state index contributed by atoms with van der Waals surface area (Å²) in [5.74, 6) is -0.0851. The van der Waals surface area contributed by atoms with Gasteiger partial charge in [0, 0.05) is 12.6 Å². The monoisotopic (exact) mass is 203 g/mol. The second kappa shape index (κ2) is 5.01. The van der Waals surface area contributed by atoms with Crippen molar-refractivity contribution in [1.29, 1.82) is 0 Å². The summed E-state index contributed by atoms with van der Waals surface area (Å²) in [6, 6.07) is 0. The standard InChI is InChI=1S/C8H17N3OS/c1-8(2,3)11-7(13)10-5-6(12)9-4/h5H2,1-4H3,(H,9,12)(H2,10,11,13). The molecule has 0 saturated heterocycles. The molecule has 5 heteroatoms. The maximum Gasteiger partial charge on any atom is 0.239 e. The van der Waals surface area contributed by atoms with E-state index in [1.165, 1.54) is 0 Å². The van der Waals surface area contributed by atoms with Crippen LogP contribution in [0.25, 0.3) is 0 Å². The minimum atomic E-state index is -0.0851. The van der Waals surface area contributed by atoms with Crippen LogP contribution < -0.4 is 16.0 Å². The van der Waals surface area contributed by atoms with Crippen molar-refractivity contribution in [2.24, 2.45) is 0 Å². The maximum absolute atomic E-state index is 10.8.